The summed E-state index contributed by atoms with van der Waals surface area (Å²) in [6, 6.07) is 10.6. The molecule has 5 heteroatoms. The van der Waals surface area contributed by atoms with E-state index in [1.165, 1.54) is 5.56 Å². The summed E-state index contributed by atoms with van der Waals surface area (Å²) in [5, 5.41) is 11.3. The minimum atomic E-state index is 0.201. The molecule has 1 heterocycles. The molecular weight excluding hydrogens is 280 g/mol. The molecule has 1 aromatic carbocycles. The Morgan fingerprint density at radius 2 is 2.06 bits per heavy atom. The standard InChI is InChI=1S/C12H15BrN4/c1-14-10(8-9-6-4-3-5-7-9)11-12(13)15-16-17(11)2/h3-7,10,14H,8H2,1-2H3. The quantitative estimate of drug-likeness (QED) is 0.939. The Labute approximate surface area is 109 Å². The number of nitrogens with one attached hydrogen (secondary N) is 1. The van der Waals surface area contributed by atoms with Gasteiger partial charge in [-0.1, -0.05) is 35.5 Å². The normalized spacial score (nSPS) is 12.6. The van der Waals surface area contributed by atoms with E-state index in [2.05, 4.69) is 55.8 Å². The summed E-state index contributed by atoms with van der Waals surface area (Å²) in [5.41, 5.74) is 2.36. The summed E-state index contributed by atoms with van der Waals surface area (Å²) in [5.74, 6) is 0. The maximum absolute atomic E-state index is 4.02. The lowest BCUT2D eigenvalue weighted by Crippen LogP contribution is -2.22. The van der Waals surface area contributed by atoms with Crippen LogP contribution in [-0.2, 0) is 13.5 Å². The number of benzene rings is 1. The number of aromatic nitrogens is 3. The Kier molecular flexibility index (Phi) is 3.91. The predicted molar refractivity (Wildman–Crippen MR) is 70.6 cm³/mol. The second-order valence-electron chi connectivity index (χ2n) is 3.92. The van der Waals surface area contributed by atoms with Crippen LogP contribution < -0.4 is 5.32 Å². The summed E-state index contributed by atoms with van der Waals surface area (Å²) in [4.78, 5) is 0. The molecule has 0 bridgehead atoms. The number of rotatable bonds is 4. The Hall–Kier alpha value is -1.20. The molecule has 1 N–H and O–H groups in total. The highest BCUT2D eigenvalue weighted by Crippen LogP contribution is 2.23. The smallest absolute Gasteiger partial charge is 0.153 e. The Morgan fingerprint density at radius 1 is 1.35 bits per heavy atom. The number of nitrogens with zero attached hydrogens (tertiary/aromatic N) is 3. The molecule has 90 valence electrons. The van der Waals surface area contributed by atoms with Gasteiger partial charge < -0.3 is 5.32 Å². The molecule has 0 spiro atoms. The summed E-state index contributed by atoms with van der Waals surface area (Å²) in [6.45, 7) is 0. The molecule has 0 aliphatic rings. The fraction of sp³-hybridized carbons (Fsp3) is 0.333. The van der Waals surface area contributed by atoms with Crippen LogP contribution in [-0.4, -0.2) is 22.0 Å². The van der Waals surface area contributed by atoms with E-state index in [1.807, 2.05) is 20.2 Å². The topological polar surface area (TPSA) is 42.7 Å². The number of hydrogen-bond acceptors (Lipinski definition) is 3. The van der Waals surface area contributed by atoms with Gasteiger partial charge in [-0.25, -0.2) is 4.68 Å². The van der Waals surface area contributed by atoms with E-state index in [4.69, 9.17) is 0 Å². The Balaban J connectivity index is 2.23. The fourth-order valence-corrected chi connectivity index (χ4v) is 2.50. The third-order valence-electron chi connectivity index (χ3n) is 2.79. The molecule has 0 saturated carbocycles. The van der Waals surface area contributed by atoms with Gasteiger partial charge in [-0.05, 0) is 35.0 Å². The zero-order valence-corrected chi connectivity index (χ0v) is 11.5. The molecule has 1 atom stereocenters. The number of hydrogen-bond donors (Lipinski definition) is 1. The van der Waals surface area contributed by atoms with Crippen molar-refractivity contribution in [1.29, 1.82) is 0 Å². The highest BCUT2D eigenvalue weighted by atomic mass is 79.9. The Bertz CT molecular complexity index is 461. The van der Waals surface area contributed by atoms with E-state index in [0.717, 1.165) is 16.7 Å². The molecular formula is C12H15BrN4. The molecule has 0 amide bonds. The van der Waals surface area contributed by atoms with Crippen molar-refractivity contribution in [2.24, 2.45) is 7.05 Å². The van der Waals surface area contributed by atoms with Crippen LogP contribution in [0.15, 0.2) is 34.9 Å². The number of aryl methyl sites for hydroxylation is 1. The second kappa shape index (κ2) is 5.42. The number of likely N-dealkylation sites (N-methyl/N-ethyl adjacent to an activating group) is 1. The first-order chi connectivity index (χ1) is 8.22. The van der Waals surface area contributed by atoms with E-state index < -0.39 is 0 Å². The second-order valence-corrected chi connectivity index (χ2v) is 4.67. The predicted octanol–water partition coefficient (Wildman–Crippen LogP) is 2.08. The van der Waals surface area contributed by atoms with Gasteiger partial charge in [-0.3, -0.25) is 0 Å². The summed E-state index contributed by atoms with van der Waals surface area (Å²) >= 11 is 3.44. The van der Waals surface area contributed by atoms with Crippen molar-refractivity contribution < 1.29 is 0 Å². The molecule has 0 radical (unpaired) electrons. The molecule has 0 saturated heterocycles. The molecule has 4 nitrogen and oxygen atoms in total. The van der Waals surface area contributed by atoms with Crippen LogP contribution in [0.25, 0.3) is 0 Å². The van der Waals surface area contributed by atoms with Crippen LogP contribution in [0.2, 0.25) is 0 Å². The molecule has 17 heavy (non-hydrogen) atoms. The van der Waals surface area contributed by atoms with Crippen LogP contribution >= 0.6 is 15.9 Å². The summed E-state index contributed by atoms with van der Waals surface area (Å²) in [7, 11) is 3.86. The average Bonchev–Trinajstić information content (AvgIpc) is 2.68. The van der Waals surface area contributed by atoms with Gasteiger partial charge in [0.15, 0.2) is 4.60 Å². The highest BCUT2D eigenvalue weighted by Gasteiger charge is 2.18. The lowest BCUT2D eigenvalue weighted by Gasteiger charge is -2.16. The highest BCUT2D eigenvalue weighted by molar-refractivity contribution is 9.10. The first-order valence-corrected chi connectivity index (χ1v) is 6.28. The van der Waals surface area contributed by atoms with Gasteiger partial charge in [0.2, 0.25) is 0 Å². The SMILES string of the molecule is CNC(Cc1ccccc1)c1c(Br)nnn1C. The first kappa shape index (κ1) is 12.3. The van der Waals surface area contributed by atoms with Crippen LogP contribution in [0.4, 0.5) is 0 Å². The molecule has 2 aromatic rings. The maximum atomic E-state index is 4.02. The van der Waals surface area contributed by atoms with Crippen molar-refractivity contribution in [3.63, 3.8) is 0 Å². The number of halogens is 1. The van der Waals surface area contributed by atoms with E-state index in [9.17, 15) is 0 Å². The lowest BCUT2D eigenvalue weighted by atomic mass is 10.0. The fourth-order valence-electron chi connectivity index (χ4n) is 1.89. The van der Waals surface area contributed by atoms with Crippen molar-refractivity contribution >= 4 is 15.9 Å². The molecule has 1 aromatic heterocycles. The maximum Gasteiger partial charge on any atom is 0.153 e. The monoisotopic (exact) mass is 294 g/mol. The van der Waals surface area contributed by atoms with Gasteiger partial charge in [0.05, 0.1) is 11.7 Å². The van der Waals surface area contributed by atoms with Crippen LogP contribution in [0.5, 0.6) is 0 Å². The van der Waals surface area contributed by atoms with Gasteiger partial charge >= 0.3 is 0 Å². The molecule has 0 aliphatic heterocycles. The van der Waals surface area contributed by atoms with Crippen molar-refractivity contribution in [3.05, 3.63) is 46.2 Å². The largest absolute Gasteiger partial charge is 0.311 e. The van der Waals surface area contributed by atoms with Crippen molar-refractivity contribution in [2.75, 3.05) is 7.05 Å². The summed E-state index contributed by atoms with van der Waals surface area (Å²) in [6.07, 6.45) is 0.914. The zero-order valence-electron chi connectivity index (χ0n) is 9.89. The van der Waals surface area contributed by atoms with Gasteiger partial charge in [-0.2, -0.15) is 0 Å². The van der Waals surface area contributed by atoms with Crippen molar-refractivity contribution in [3.8, 4) is 0 Å². The van der Waals surface area contributed by atoms with E-state index in [-0.39, 0.29) is 6.04 Å². The minimum Gasteiger partial charge on any atom is -0.311 e. The van der Waals surface area contributed by atoms with Gasteiger partial charge in [0, 0.05) is 7.05 Å². The van der Waals surface area contributed by atoms with E-state index in [0.29, 0.717) is 0 Å². The van der Waals surface area contributed by atoms with Gasteiger partial charge in [-0.15, -0.1) is 5.10 Å². The van der Waals surface area contributed by atoms with Crippen molar-refractivity contribution in [2.45, 2.75) is 12.5 Å². The molecule has 0 aliphatic carbocycles. The van der Waals surface area contributed by atoms with E-state index in [1.54, 1.807) is 4.68 Å². The molecule has 1 unspecified atom stereocenters. The van der Waals surface area contributed by atoms with Crippen LogP contribution in [0, 0.1) is 0 Å². The van der Waals surface area contributed by atoms with Crippen LogP contribution in [0.3, 0.4) is 0 Å². The minimum absolute atomic E-state index is 0.201. The van der Waals surface area contributed by atoms with Crippen molar-refractivity contribution in [1.82, 2.24) is 20.3 Å². The van der Waals surface area contributed by atoms with Crippen LogP contribution in [0.1, 0.15) is 17.3 Å². The Morgan fingerprint density at radius 3 is 2.59 bits per heavy atom. The third kappa shape index (κ3) is 2.73. The lowest BCUT2D eigenvalue weighted by molar-refractivity contribution is 0.533. The molecule has 0 fully saturated rings. The van der Waals surface area contributed by atoms with Gasteiger partial charge in [0.25, 0.3) is 0 Å². The zero-order chi connectivity index (χ0) is 12.3. The summed E-state index contributed by atoms with van der Waals surface area (Å²) < 4.78 is 2.60. The first-order valence-electron chi connectivity index (χ1n) is 5.48. The third-order valence-corrected chi connectivity index (χ3v) is 3.35. The van der Waals surface area contributed by atoms with E-state index >= 15 is 0 Å². The average molecular weight is 295 g/mol. The van der Waals surface area contributed by atoms with Gasteiger partial charge in [0.1, 0.15) is 0 Å². The molecule has 2 rings (SSSR count).